The Balaban J connectivity index is 2.80. The molecule has 4 nitrogen and oxygen atoms in total. The third-order valence-electron chi connectivity index (χ3n) is 3.68. The molecule has 4 heteroatoms. The average Bonchev–Trinajstić information content (AvgIpc) is 2.39. The first kappa shape index (κ1) is 13.9. The van der Waals surface area contributed by atoms with Crippen molar-refractivity contribution in [2.45, 2.75) is 26.2 Å². The van der Waals surface area contributed by atoms with Crippen LogP contribution in [0.25, 0.3) is 0 Å². The van der Waals surface area contributed by atoms with Gasteiger partial charge in [0, 0.05) is 5.57 Å². The molecule has 0 amide bonds. The number of nitrogens with zero attached hydrogens (tertiary/aromatic N) is 1. The summed E-state index contributed by atoms with van der Waals surface area (Å²) in [6.45, 7) is 5.00. The van der Waals surface area contributed by atoms with E-state index in [2.05, 4.69) is 6.07 Å². The molecule has 1 atom stereocenters. The smallest absolute Gasteiger partial charge is 0.205 e. The third-order valence-corrected chi connectivity index (χ3v) is 3.68. The molecule has 1 unspecified atom stereocenters. The molecule has 0 bridgehead atoms. The van der Waals surface area contributed by atoms with Gasteiger partial charge in [-0.15, -0.1) is 0 Å². The summed E-state index contributed by atoms with van der Waals surface area (Å²) in [6.07, 6.45) is 0. The highest BCUT2D eigenvalue weighted by Crippen LogP contribution is 2.44. The summed E-state index contributed by atoms with van der Waals surface area (Å²) in [6, 6.07) is 11.5. The Morgan fingerprint density at radius 2 is 1.95 bits per heavy atom. The fourth-order valence-corrected chi connectivity index (χ4v) is 2.82. The molecule has 0 saturated carbocycles. The number of benzene rings is 1. The van der Waals surface area contributed by atoms with Crippen LogP contribution in [0.15, 0.2) is 53.1 Å². The second-order valence-electron chi connectivity index (χ2n) is 4.93. The van der Waals surface area contributed by atoms with Crippen LogP contribution < -0.4 is 5.73 Å². The van der Waals surface area contributed by atoms with Gasteiger partial charge in [0.25, 0.3) is 0 Å². The minimum atomic E-state index is -0.881. The van der Waals surface area contributed by atoms with E-state index in [0.29, 0.717) is 11.3 Å². The van der Waals surface area contributed by atoms with E-state index in [1.165, 1.54) is 6.92 Å². The summed E-state index contributed by atoms with van der Waals surface area (Å²) in [5.74, 6) is 0.371. The number of Topliss-reactive ketones (excluding diaryl/α,β-unsaturated/α-hetero) is 1. The van der Waals surface area contributed by atoms with E-state index >= 15 is 0 Å². The van der Waals surface area contributed by atoms with Crippen LogP contribution in [-0.4, -0.2) is 5.78 Å². The standard InChI is InChI=1S/C16H16N2O2/c1-10(19)14-11(2)20-15(18)13(9-17)16(14,3)12-7-5-4-6-8-12/h4-8H,18H2,1-3H3. The van der Waals surface area contributed by atoms with E-state index in [1.54, 1.807) is 6.92 Å². The SMILES string of the molecule is CC(=O)C1=C(C)OC(N)=C(C#N)C1(C)c1ccccc1. The quantitative estimate of drug-likeness (QED) is 0.894. The minimum absolute atomic E-state index is 0.0568. The number of nitriles is 1. The Morgan fingerprint density at radius 3 is 2.45 bits per heavy atom. The molecule has 20 heavy (non-hydrogen) atoms. The summed E-state index contributed by atoms with van der Waals surface area (Å²) >= 11 is 0. The van der Waals surface area contributed by atoms with Crippen molar-refractivity contribution in [1.82, 2.24) is 0 Å². The first-order valence-electron chi connectivity index (χ1n) is 6.29. The van der Waals surface area contributed by atoms with Crippen molar-refractivity contribution in [1.29, 1.82) is 5.26 Å². The van der Waals surface area contributed by atoms with E-state index in [4.69, 9.17) is 10.5 Å². The molecule has 2 N–H and O–H groups in total. The number of hydrogen-bond acceptors (Lipinski definition) is 4. The number of ether oxygens (including phenoxy) is 1. The highest BCUT2D eigenvalue weighted by atomic mass is 16.5. The lowest BCUT2D eigenvalue weighted by molar-refractivity contribution is -0.114. The zero-order chi connectivity index (χ0) is 14.9. The van der Waals surface area contributed by atoms with Crippen LogP contribution in [0, 0.1) is 11.3 Å². The number of ketones is 1. The van der Waals surface area contributed by atoms with Crippen molar-refractivity contribution in [2.75, 3.05) is 0 Å². The van der Waals surface area contributed by atoms with E-state index in [9.17, 15) is 10.1 Å². The van der Waals surface area contributed by atoms with Crippen molar-refractivity contribution >= 4 is 5.78 Å². The van der Waals surface area contributed by atoms with Crippen LogP contribution in [0.2, 0.25) is 0 Å². The molecule has 1 aromatic carbocycles. The molecule has 0 aliphatic carbocycles. The molecule has 0 radical (unpaired) electrons. The number of rotatable bonds is 2. The van der Waals surface area contributed by atoms with Gasteiger partial charge in [-0.1, -0.05) is 30.3 Å². The van der Waals surface area contributed by atoms with Gasteiger partial charge in [-0.3, -0.25) is 4.79 Å². The largest absolute Gasteiger partial charge is 0.445 e. The maximum atomic E-state index is 12.1. The lowest BCUT2D eigenvalue weighted by Gasteiger charge is -2.36. The number of carbonyl (C=O) groups is 1. The van der Waals surface area contributed by atoms with Crippen LogP contribution in [0.3, 0.4) is 0 Å². The molecule has 0 saturated heterocycles. The van der Waals surface area contributed by atoms with Crippen LogP contribution in [-0.2, 0) is 14.9 Å². The highest BCUT2D eigenvalue weighted by molar-refractivity contribution is 5.98. The van der Waals surface area contributed by atoms with Gasteiger partial charge in [-0.2, -0.15) is 5.26 Å². The van der Waals surface area contributed by atoms with Crippen LogP contribution in [0.1, 0.15) is 26.3 Å². The van der Waals surface area contributed by atoms with Crippen molar-refractivity contribution in [3.63, 3.8) is 0 Å². The van der Waals surface area contributed by atoms with Crippen molar-refractivity contribution in [2.24, 2.45) is 5.73 Å². The summed E-state index contributed by atoms with van der Waals surface area (Å²) in [4.78, 5) is 12.1. The fourth-order valence-electron chi connectivity index (χ4n) is 2.82. The molecule has 1 aliphatic heterocycles. The monoisotopic (exact) mass is 268 g/mol. The summed E-state index contributed by atoms with van der Waals surface area (Å²) in [5, 5.41) is 9.44. The number of allylic oxidation sites excluding steroid dienone is 3. The fraction of sp³-hybridized carbons (Fsp3) is 0.250. The first-order valence-corrected chi connectivity index (χ1v) is 6.29. The normalized spacial score (nSPS) is 22.3. The Bertz CT molecular complexity index is 665. The highest BCUT2D eigenvalue weighted by Gasteiger charge is 2.44. The second kappa shape index (κ2) is 4.86. The van der Waals surface area contributed by atoms with E-state index < -0.39 is 5.41 Å². The molecule has 1 heterocycles. The number of carbonyl (C=O) groups excluding carboxylic acids is 1. The van der Waals surface area contributed by atoms with Crippen LogP contribution in [0.5, 0.6) is 0 Å². The Kier molecular flexibility index (Phi) is 3.37. The minimum Gasteiger partial charge on any atom is -0.445 e. The average molecular weight is 268 g/mol. The Labute approximate surface area is 118 Å². The predicted molar refractivity (Wildman–Crippen MR) is 75.1 cm³/mol. The lowest BCUT2D eigenvalue weighted by atomic mass is 9.68. The summed E-state index contributed by atoms with van der Waals surface area (Å²) in [7, 11) is 0. The Hall–Kier alpha value is -2.54. The maximum Gasteiger partial charge on any atom is 0.205 e. The maximum absolute atomic E-state index is 12.1. The number of hydrogen-bond donors (Lipinski definition) is 1. The van der Waals surface area contributed by atoms with Gasteiger partial charge in [0.2, 0.25) is 5.88 Å². The molecule has 2 rings (SSSR count). The van der Waals surface area contributed by atoms with E-state index in [0.717, 1.165) is 5.56 Å². The van der Waals surface area contributed by atoms with E-state index in [-0.39, 0.29) is 17.2 Å². The third kappa shape index (κ3) is 1.88. The molecule has 0 aromatic heterocycles. The Morgan fingerprint density at radius 1 is 1.35 bits per heavy atom. The van der Waals surface area contributed by atoms with Gasteiger partial charge in [-0.25, -0.2) is 0 Å². The van der Waals surface area contributed by atoms with Gasteiger partial charge < -0.3 is 10.5 Å². The van der Waals surface area contributed by atoms with E-state index in [1.807, 2.05) is 37.3 Å². The molecule has 102 valence electrons. The zero-order valence-corrected chi connectivity index (χ0v) is 11.7. The second-order valence-corrected chi connectivity index (χ2v) is 4.93. The number of nitrogens with two attached hydrogens (primary N) is 1. The topological polar surface area (TPSA) is 76.1 Å². The lowest BCUT2D eigenvalue weighted by Crippen LogP contribution is -2.37. The van der Waals surface area contributed by atoms with Crippen molar-refractivity contribution in [3.05, 3.63) is 58.7 Å². The van der Waals surface area contributed by atoms with Crippen molar-refractivity contribution in [3.8, 4) is 6.07 Å². The zero-order valence-electron chi connectivity index (χ0n) is 11.7. The van der Waals surface area contributed by atoms with Gasteiger partial charge in [-0.05, 0) is 26.3 Å². The first-order chi connectivity index (χ1) is 9.42. The van der Waals surface area contributed by atoms with Gasteiger partial charge in [0.1, 0.15) is 17.4 Å². The molecule has 1 aliphatic rings. The van der Waals surface area contributed by atoms with Gasteiger partial charge in [0.05, 0.1) is 5.41 Å². The van der Waals surface area contributed by atoms with Crippen molar-refractivity contribution < 1.29 is 9.53 Å². The molecule has 0 spiro atoms. The molecule has 1 aromatic rings. The summed E-state index contributed by atoms with van der Waals surface area (Å²) in [5.41, 5.74) is 6.53. The van der Waals surface area contributed by atoms with Crippen LogP contribution in [0.4, 0.5) is 0 Å². The van der Waals surface area contributed by atoms with Gasteiger partial charge in [0.15, 0.2) is 5.78 Å². The predicted octanol–water partition coefficient (Wildman–Crippen LogP) is 2.53. The molecular formula is C16H16N2O2. The molecule has 0 fully saturated rings. The van der Waals surface area contributed by atoms with Crippen LogP contribution >= 0.6 is 0 Å². The molecular weight excluding hydrogens is 252 g/mol. The van der Waals surface area contributed by atoms with Gasteiger partial charge >= 0.3 is 0 Å². The summed E-state index contributed by atoms with van der Waals surface area (Å²) < 4.78 is 5.37.